The molecule has 0 radical (unpaired) electrons. The van der Waals surface area contributed by atoms with E-state index in [1.165, 1.54) is 0 Å². The molecule has 2 aromatic heterocycles. The van der Waals surface area contributed by atoms with Crippen molar-refractivity contribution in [1.82, 2.24) is 24.6 Å². The van der Waals surface area contributed by atoms with E-state index < -0.39 is 6.09 Å². The number of rotatable bonds is 7. The van der Waals surface area contributed by atoms with Gasteiger partial charge in [-0.15, -0.1) is 5.10 Å². The van der Waals surface area contributed by atoms with Crippen molar-refractivity contribution in [3.8, 4) is 5.69 Å². The number of carbonyl (C=O) groups is 2. The van der Waals surface area contributed by atoms with E-state index in [4.69, 9.17) is 10.5 Å². The molecule has 0 unspecified atom stereocenters. The summed E-state index contributed by atoms with van der Waals surface area (Å²) in [4.78, 5) is 36.7. The maximum atomic E-state index is 12.0. The predicted molar refractivity (Wildman–Crippen MR) is 142 cm³/mol. The number of benzene rings is 1. The molecule has 0 aliphatic carbocycles. The first kappa shape index (κ1) is 25.7. The zero-order chi connectivity index (χ0) is 26.5. The SMILES string of the molecule is CCCOC(=O)Nc1ccc(Nc2nc(N)n(-c3ccnc(N4C[C@@H](C)N(C(C)=O)[C@@H](C)C4)c3)n2)cc1. The summed E-state index contributed by atoms with van der Waals surface area (Å²) in [6.07, 6.45) is 1.98. The zero-order valence-corrected chi connectivity index (χ0v) is 21.5. The highest BCUT2D eigenvalue weighted by molar-refractivity contribution is 5.85. The molecule has 4 N–H and O–H groups in total. The third-order valence-electron chi connectivity index (χ3n) is 6.04. The van der Waals surface area contributed by atoms with Crippen LogP contribution in [0.3, 0.4) is 0 Å². The Morgan fingerprint density at radius 1 is 1.11 bits per heavy atom. The topological polar surface area (TPSA) is 144 Å². The number of aromatic nitrogens is 4. The fraction of sp³-hybridized carbons (Fsp3) is 0.400. The van der Waals surface area contributed by atoms with E-state index in [1.807, 2.05) is 37.8 Å². The number of nitrogens with two attached hydrogens (primary N) is 1. The van der Waals surface area contributed by atoms with Gasteiger partial charge in [0.2, 0.25) is 17.8 Å². The lowest BCUT2D eigenvalue weighted by molar-refractivity contribution is -0.133. The fourth-order valence-corrected chi connectivity index (χ4v) is 4.52. The molecular weight excluding hydrogens is 474 g/mol. The van der Waals surface area contributed by atoms with Gasteiger partial charge in [0.1, 0.15) is 5.82 Å². The smallest absolute Gasteiger partial charge is 0.411 e. The van der Waals surface area contributed by atoms with Crippen molar-refractivity contribution >= 4 is 41.1 Å². The zero-order valence-electron chi connectivity index (χ0n) is 21.5. The Labute approximate surface area is 215 Å². The summed E-state index contributed by atoms with van der Waals surface area (Å²) in [6.45, 7) is 9.36. The molecule has 1 aromatic carbocycles. The lowest BCUT2D eigenvalue weighted by atomic mass is 10.1. The molecule has 0 spiro atoms. The highest BCUT2D eigenvalue weighted by Crippen LogP contribution is 2.24. The molecule has 1 saturated heterocycles. The highest BCUT2D eigenvalue weighted by atomic mass is 16.5. The van der Waals surface area contributed by atoms with Gasteiger partial charge in [0.25, 0.3) is 0 Å². The summed E-state index contributed by atoms with van der Waals surface area (Å²) in [6, 6.07) is 11.0. The Hall–Kier alpha value is -4.35. The molecule has 12 heteroatoms. The second kappa shape index (κ2) is 11.1. The first-order valence-electron chi connectivity index (χ1n) is 12.3. The van der Waals surface area contributed by atoms with E-state index in [9.17, 15) is 9.59 Å². The van der Waals surface area contributed by atoms with E-state index in [2.05, 4.69) is 30.6 Å². The van der Waals surface area contributed by atoms with Crippen molar-refractivity contribution in [3.63, 3.8) is 0 Å². The molecular formula is C25H33N9O3. The van der Waals surface area contributed by atoms with Crippen LogP contribution in [0.25, 0.3) is 5.69 Å². The second-order valence-corrected chi connectivity index (χ2v) is 9.07. The largest absolute Gasteiger partial charge is 0.449 e. The first-order chi connectivity index (χ1) is 17.7. The molecule has 37 heavy (non-hydrogen) atoms. The molecule has 196 valence electrons. The van der Waals surface area contributed by atoms with Crippen LogP contribution < -0.4 is 21.3 Å². The summed E-state index contributed by atoms with van der Waals surface area (Å²) < 4.78 is 6.57. The summed E-state index contributed by atoms with van der Waals surface area (Å²) in [5.74, 6) is 1.41. The van der Waals surface area contributed by atoms with Gasteiger partial charge >= 0.3 is 6.09 Å². The third kappa shape index (κ3) is 6.08. The number of anilines is 5. The van der Waals surface area contributed by atoms with Gasteiger partial charge in [-0.1, -0.05) is 6.92 Å². The minimum atomic E-state index is -0.489. The lowest BCUT2D eigenvalue weighted by Gasteiger charge is -2.44. The number of nitrogens with one attached hydrogen (secondary N) is 2. The van der Waals surface area contributed by atoms with E-state index in [0.29, 0.717) is 31.3 Å². The molecule has 2 amide bonds. The summed E-state index contributed by atoms with van der Waals surface area (Å²) in [5.41, 5.74) is 8.25. The molecule has 3 heterocycles. The molecule has 1 aliphatic heterocycles. The number of nitrogens with zero attached hydrogens (tertiary/aromatic N) is 6. The van der Waals surface area contributed by atoms with Crippen LogP contribution in [0.2, 0.25) is 0 Å². The summed E-state index contributed by atoms with van der Waals surface area (Å²) in [5, 5.41) is 10.3. The molecule has 0 bridgehead atoms. The lowest BCUT2D eigenvalue weighted by Crippen LogP contribution is -2.58. The van der Waals surface area contributed by atoms with Gasteiger partial charge in [-0.25, -0.2) is 9.78 Å². The minimum absolute atomic E-state index is 0.0718. The number of pyridine rings is 1. The highest BCUT2D eigenvalue weighted by Gasteiger charge is 2.31. The van der Waals surface area contributed by atoms with Crippen molar-refractivity contribution in [1.29, 1.82) is 0 Å². The molecule has 12 nitrogen and oxygen atoms in total. The Kier molecular flexibility index (Phi) is 7.75. The van der Waals surface area contributed by atoms with Gasteiger partial charge in [-0.05, 0) is 50.6 Å². The van der Waals surface area contributed by atoms with Crippen LogP contribution in [0.4, 0.5) is 33.9 Å². The molecule has 0 saturated carbocycles. The molecule has 2 atom stereocenters. The number of hydrogen-bond donors (Lipinski definition) is 3. The van der Waals surface area contributed by atoms with E-state index in [1.54, 1.807) is 42.1 Å². The number of carbonyl (C=O) groups excluding carboxylic acids is 2. The van der Waals surface area contributed by atoms with Gasteiger partial charge in [-0.3, -0.25) is 10.1 Å². The Bertz CT molecular complexity index is 1230. The van der Waals surface area contributed by atoms with Gasteiger partial charge in [0, 0.05) is 55.7 Å². The van der Waals surface area contributed by atoms with Gasteiger partial charge in [-0.2, -0.15) is 9.67 Å². The quantitative estimate of drug-likeness (QED) is 0.438. The number of piperazine rings is 1. The number of amides is 2. The van der Waals surface area contributed by atoms with Crippen LogP contribution in [0, 0.1) is 0 Å². The Morgan fingerprint density at radius 2 is 1.78 bits per heavy atom. The third-order valence-corrected chi connectivity index (χ3v) is 6.04. The fourth-order valence-electron chi connectivity index (χ4n) is 4.52. The van der Waals surface area contributed by atoms with E-state index >= 15 is 0 Å². The molecule has 4 rings (SSSR count). The van der Waals surface area contributed by atoms with Crippen LogP contribution in [0.1, 0.15) is 34.1 Å². The van der Waals surface area contributed by atoms with Crippen LogP contribution in [-0.2, 0) is 9.53 Å². The van der Waals surface area contributed by atoms with E-state index in [0.717, 1.165) is 23.6 Å². The first-order valence-corrected chi connectivity index (χ1v) is 12.3. The van der Waals surface area contributed by atoms with Crippen molar-refractivity contribution in [2.45, 2.75) is 46.2 Å². The van der Waals surface area contributed by atoms with Crippen molar-refractivity contribution in [2.75, 3.05) is 41.0 Å². The van der Waals surface area contributed by atoms with Crippen molar-refractivity contribution in [3.05, 3.63) is 42.6 Å². The van der Waals surface area contributed by atoms with Crippen LogP contribution in [0.5, 0.6) is 0 Å². The van der Waals surface area contributed by atoms with Gasteiger partial charge < -0.3 is 25.6 Å². The maximum Gasteiger partial charge on any atom is 0.411 e. The average molecular weight is 508 g/mol. The second-order valence-electron chi connectivity index (χ2n) is 9.07. The van der Waals surface area contributed by atoms with Crippen LogP contribution in [-0.4, -0.2) is 68.4 Å². The van der Waals surface area contributed by atoms with Gasteiger partial charge in [0.05, 0.1) is 12.3 Å². The summed E-state index contributed by atoms with van der Waals surface area (Å²) in [7, 11) is 0. The summed E-state index contributed by atoms with van der Waals surface area (Å²) >= 11 is 0. The molecule has 3 aromatic rings. The number of nitrogen functional groups attached to an aromatic ring is 1. The van der Waals surface area contributed by atoms with E-state index in [-0.39, 0.29) is 23.9 Å². The predicted octanol–water partition coefficient (Wildman–Crippen LogP) is 3.39. The van der Waals surface area contributed by atoms with Crippen LogP contribution in [0.15, 0.2) is 42.6 Å². The average Bonchev–Trinajstić information content (AvgIpc) is 3.23. The monoisotopic (exact) mass is 507 g/mol. The normalized spacial score (nSPS) is 17.4. The standard InChI is InChI=1S/C25H33N9O3/c1-5-12-37-25(36)29-20-8-6-19(7-9-20)28-24-30-23(26)34(31-24)21-10-11-27-22(13-21)32-14-16(2)33(18(4)35)17(3)15-32/h6-11,13,16-17H,5,12,14-15H2,1-4H3,(H,29,36)(H3,26,28,30,31)/t16-,17+. The van der Waals surface area contributed by atoms with Gasteiger partial charge in [0.15, 0.2) is 0 Å². The number of ether oxygens (including phenoxy) is 1. The Morgan fingerprint density at radius 3 is 2.43 bits per heavy atom. The maximum absolute atomic E-state index is 12.0. The molecule has 1 fully saturated rings. The Balaban J connectivity index is 1.45. The van der Waals surface area contributed by atoms with Crippen molar-refractivity contribution < 1.29 is 14.3 Å². The van der Waals surface area contributed by atoms with Crippen molar-refractivity contribution in [2.24, 2.45) is 0 Å². The molecule has 1 aliphatic rings. The van der Waals surface area contributed by atoms with Crippen LogP contribution >= 0.6 is 0 Å². The minimum Gasteiger partial charge on any atom is -0.449 e. The number of hydrogen-bond acceptors (Lipinski definition) is 9.